The number of nitrogens with zero attached hydrogens (tertiary/aromatic N) is 2. The van der Waals surface area contributed by atoms with Gasteiger partial charge in [-0.3, -0.25) is 0 Å². The van der Waals surface area contributed by atoms with Gasteiger partial charge in [0.05, 0.1) is 6.61 Å². The van der Waals surface area contributed by atoms with Crippen LogP contribution in [0.4, 0.5) is 0 Å². The Labute approximate surface area is 127 Å². The van der Waals surface area contributed by atoms with Crippen LogP contribution in [-0.4, -0.2) is 35.5 Å². The fourth-order valence-electron chi connectivity index (χ4n) is 3.20. The maximum absolute atomic E-state index is 12.8. The van der Waals surface area contributed by atoms with E-state index in [4.69, 9.17) is 0 Å². The van der Waals surface area contributed by atoms with Crippen molar-refractivity contribution in [3.63, 3.8) is 0 Å². The minimum atomic E-state index is -3.47. The number of aliphatic hydroxyl groups is 1. The second kappa shape index (κ2) is 6.10. The lowest BCUT2D eigenvalue weighted by Gasteiger charge is -2.33. The maximum Gasteiger partial charge on any atom is 0.244 e. The van der Waals surface area contributed by atoms with E-state index in [2.05, 4.69) is 13.8 Å². The van der Waals surface area contributed by atoms with Crippen molar-refractivity contribution in [2.45, 2.75) is 51.7 Å². The van der Waals surface area contributed by atoms with Crippen LogP contribution >= 0.6 is 0 Å². The average molecular weight is 314 g/mol. The quantitative estimate of drug-likeness (QED) is 0.927. The van der Waals surface area contributed by atoms with E-state index in [1.807, 2.05) is 18.4 Å². The number of sulfonamides is 1. The number of aliphatic hydroxyl groups excluding tert-OH is 1. The van der Waals surface area contributed by atoms with Gasteiger partial charge in [-0.05, 0) is 38.2 Å². The molecule has 0 amide bonds. The van der Waals surface area contributed by atoms with Gasteiger partial charge in [0.2, 0.25) is 10.0 Å². The topological polar surface area (TPSA) is 62.5 Å². The molecular weight excluding hydrogens is 288 g/mol. The lowest BCUT2D eigenvalue weighted by atomic mass is 9.94. The normalized spacial score (nSPS) is 24.7. The number of aromatic nitrogens is 1. The molecule has 1 aromatic heterocycles. The van der Waals surface area contributed by atoms with Crippen LogP contribution in [-0.2, 0) is 16.6 Å². The molecule has 2 heterocycles. The summed E-state index contributed by atoms with van der Waals surface area (Å²) < 4.78 is 29.0. The molecule has 1 fully saturated rings. The summed E-state index contributed by atoms with van der Waals surface area (Å²) in [6, 6.07) is 1.72. The zero-order valence-corrected chi connectivity index (χ0v) is 14.1. The van der Waals surface area contributed by atoms with Crippen molar-refractivity contribution in [2.24, 2.45) is 11.8 Å². The summed E-state index contributed by atoms with van der Waals surface area (Å²) in [6.45, 7) is 9.14. The van der Waals surface area contributed by atoms with Gasteiger partial charge < -0.3 is 9.67 Å². The number of hydrogen-bond donors (Lipinski definition) is 1. The molecule has 0 aliphatic carbocycles. The Morgan fingerprint density at radius 1 is 1.29 bits per heavy atom. The molecule has 0 saturated carbocycles. The smallest absolute Gasteiger partial charge is 0.244 e. The van der Waals surface area contributed by atoms with Crippen molar-refractivity contribution in [3.05, 3.63) is 18.0 Å². The lowest BCUT2D eigenvalue weighted by molar-refractivity contribution is 0.222. The Morgan fingerprint density at radius 2 is 1.86 bits per heavy atom. The third-order valence-electron chi connectivity index (χ3n) is 4.10. The van der Waals surface area contributed by atoms with E-state index in [9.17, 15) is 13.5 Å². The lowest BCUT2D eigenvalue weighted by Crippen LogP contribution is -2.42. The minimum Gasteiger partial charge on any atom is -0.390 e. The van der Waals surface area contributed by atoms with E-state index in [-0.39, 0.29) is 12.6 Å². The van der Waals surface area contributed by atoms with Crippen LogP contribution in [0.25, 0.3) is 0 Å². The van der Waals surface area contributed by atoms with Crippen LogP contribution in [0.3, 0.4) is 0 Å². The van der Waals surface area contributed by atoms with E-state index >= 15 is 0 Å². The van der Waals surface area contributed by atoms with Crippen LogP contribution < -0.4 is 0 Å². The van der Waals surface area contributed by atoms with Gasteiger partial charge in [-0.2, -0.15) is 4.31 Å². The van der Waals surface area contributed by atoms with Gasteiger partial charge in [0.25, 0.3) is 0 Å². The molecule has 2 atom stereocenters. The SMILES string of the molecule is CC1CC(C)CN(S(=O)(=O)c2cc(CO)n(C(C)C)c2)C1. The molecule has 2 unspecified atom stereocenters. The highest BCUT2D eigenvalue weighted by atomic mass is 32.2. The van der Waals surface area contributed by atoms with Crippen molar-refractivity contribution >= 4 is 10.0 Å². The van der Waals surface area contributed by atoms with Crippen LogP contribution in [0.2, 0.25) is 0 Å². The molecule has 0 bridgehead atoms. The third-order valence-corrected chi connectivity index (χ3v) is 5.90. The fourth-order valence-corrected chi connectivity index (χ4v) is 4.93. The van der Waals surface area contributed by atoms with E-state index in [1.54, 1.807) is 16.6 Å². The van der Waals surface area contributed by atoms with E-state index in [0.717, 1.165) is 6.42 Å². The predicted octanol–water partition coefficient (Wildman–Crippen LogP) is 2.23. The predicted molar refractivity (Wildman–Crippen MR) is 82.4 cm³/mol. The molecule has 0 radical (unpaired) electrons. The van der Waals surface area contributed by atoms with E-state index in [0.29, 0.717) is 35.5 Å². The highest BCUT2D eigenvalue weighted by Crippen LogP contribution is 2.28. The summed E-state index contributed by atoms with van der Waals surface area (Å²) in [7, 11) is -3.47. The Morgan fingerprint density at radius 3 is 2.29 bits per heavy atom. The van der Waals surface area contributed by atoms with Gasteiger partial charge in [-0.15, -0.1) is 0 Å². The first-order valence-corrected chi connectivity index (χ1v) is 9.01. The molecule has 1 saturated heterocycles. The van der Waals surface area contributed by atoms with Gasteiger partial charge in [-0.25, -0.2) is 8.42 Å². The molecule has 6 heteroatoms. The molecule has 2 rings (SSSR count). The van der Waals surface area contributed by atoms with Gasteiger partial charge >= 0.3 is 0 Å². The Kier molecular flexibility index (Phi) is 4.80. The summed E-state index contributed by atoms with van der Waals surface area (Å²) in [4.78, 5) is 0.293. The van der Waals surface area contributed by atoms with Crippen molar-refractivity contribution in [3.8, 4) is 0 Å². The maximum atomic E-state index is 12.8. The van der Waals surface area contributed by atoms with E-state index < -0.39 is 10.0 Å². The minimum absolute atomic E-state index is 0.121. The first-order valence-electron chi connectivity index (χ1n) is 7.57. The van der Waals surface area contributed by atoms with Gasteiger partial charge in [0.1, 0.15) is 4.90 Å². The van der Waals surface area contributed by atoms with Gasteiger partial charge in [0, 0.05) is 31.0 Å². The Hall–Kier alpha value is -0.850. The molecule has 1 aromatic rings. The molecule has 0 spiro atoms. The second-order valence-corrected chi connectivity index (χ2v) is 8.53. The molecule has 1 aliphatic heterocycles. The largest absolute Gasteiger partial charge is 0.390 e. The monoisotopic (exact) mass is 314 g/mol. The Bertz CT molecular complexity index is 582. The first-order chi connectivity index (χ1) is 9.75. The van der Waals surface area contributed by atoms with Gasteiger partial charge in [0.15, 0.2) is 0 Å². The summed E-state index contributed by atoms with van der Waals surface area (Å²) in [5.74, 6) is 0.765. The fraction of sp³-hybridized carbons (Fsp3) is 0.733. The van der Waals surface area contributed by atoms with Crippen LogP contribution in [0.15, 0.2) is 17.2 Å². The number of piperidine rings is 1. The van der Waals surface area contributed by atoms with Crippen molar-refractivity contribution in [1.82, 2.24) is 8.87 Å². The zero-order chi connectivity index (χ0) is 15.8. The summed E-state index contributed by atoms with van der Waals surface area (Å²) in [5, 5.41) is 9.41. The first kappa shape index (κ1) is 16.5. The average Bonchev–Trinajstić information content (AvgIpc) is 2.82. The summed E-state index contributed by atoms with van der Waals surface area (Å²) >= 11 is 0. The summed E-state index contributed by atoms with van der Waals surface area (Å²) in [5.41, 5.74) is 0.640. The van der Waals surface area contributed by atoms with Crippen LogP contribution in [0.1, 0.15) is 45.9 Å². The van der Waals surface area contributed by atoms with Crippen LogP contribution in [0, 0.1) is 11.8 Å². The standard InChI is InChI=1S/C15H26N2O3S/c1-11(2)17-9-15(6-14(17)10-18)21(19,20)16-7-12(3)5-13(4)8-16/h6,9,11-13,18H,5,7-8,10H2,1-4H3. The van der Waals surface area contributed by atoms with Crippen molar-refractivity contribution in [1.29, 1.82) is 0 Å². The zero-order valence-electron chi connectivity index (χ0n) is 13.3. The molecular formula is C15H26N2O3S. The third kappa shape index (κ3) is 3.33. The number of rotatable bonds is 4. The highest BCUT2D eigenvalue weighted by molar-refractivity contribution is 7.89. The Balaban J connectivity index is 2.35. The molecule has 120 valence electrons. The molecule has 1 aliphatic rings. The van der Waals surface area contributed by atoms with Gasteiger partial charge in [-0.1, -0.05) is 13.8 Å². The van der Waals surface area contributed by atoms with E-state index in [1.165, 1.54) is 0 Å². The molecule has 21 heavy (non-hydrogen) atoms. The molecule has 0 aromatic carbocycles. The number of hydrogen-bond acceptors (Lipinski definition) is 3. The summed E-state index contributed by atoms with van der Waals surface area (Å²) in [6.07, 6.45) is 2.72. The van der Waals surface area contributed by atoms with Crippen molar-refractivity contribution in [2.75, 3.05) is 13.1 Å². The van der Waals surface area contributed by atoms with Crippen molar-refractivity contribution < 1.29 is 13.5 Å². The molecule has 5 nitrogen and oxygen atoms in total. The molecule has 1 N–H and O–H groups in total. The second-order valence-electron chi connectivity index (χ2n) is 6.59. The highest BCUT2D eigenvalue weighted by Gasteiger charge is 2.32. The van der Waals surface area contributed by atoms with Crippen LogP contribution in [0.5, 0.6) is 0 Å².